The van der Waals surface area contributed by atoms with Crippen molar-refractivity contribution >= 4 is 12.4 Å². The topological polar surface area (TPSA) is 28.4 Å². The first-order valence-corrected chi connectivity index (χ1v) is 6.79. The van der Waals surface area contributed by atoms with Crippen LogP contribution >= 0.6 is 12.4 Å². The lowest BCUT2D eigenvalue weighted by molar-refractivity contribution is 0.173. The lowest BCUT2D eigenvalue weighted by atomic mass is 10.0. The number of hydrogen-bond donors (Lipinski definition) is 1. The molecule has 1 aliphatic heterocycles. The summed E-state index contributed by atoms with van der Waals surface area (Å²) in [7, 11) is 0. The summed E-state index contributed by atoms with van der Waals surface area (Å²) in [5.41, 5.74) is -0.173. The summed E-state index contributed by atoms with van der Waals surface area (Å²) in [6.45, 7) is 2.70. The number of nitrogens with one attached hydrogen (secondary N) is 1. The number of benzene rings is 1. The zero-order valence-electron chi connectivity index (χ0n) is 11.7. The van der Waals surface area contributed by atoms with Gasteiger partial charge in [-0.05, 0) is 12.1 Å². The van der Waals surface area contributed by atoms with Gasteiger partial charge in [0.1, 0.15) is 23.2 Å². The Morgan fingerprint density at radius 1 is 1.09 bits per heavy atom. The predicted molar refractivity (Wildman–Crippen MR) is 78.6 cm³/mol. The quantitative estimate of drug-likeness (QED) is 0.936. The molecule has 0 amide bonds. The van der Waals surface area contributed by atoms with Crippen LogP contribution in [0.1, 0.15) is 17.4 Å². The highest BCUT2D eigenvalue weighted by Gasteiger charge is 2.31. The van der Waals surface area contributed by atoms with Gasteiger partial charge in [-0.3, -0.25) is 4.90 Å². The van der Waals surface area contributed by atoms with Crippen molar-refractivity contribution < 1.29 is 17.6 Å². The minimum absolute atomic E-state index is 0. The van der Waals surface area contributed by atoms with Crippen molar-refractivity contribution in [1.29, 1.82) is 0 Å². The molecule has 0 saturated carbocycles. The average Bonchev–Trinajstić information content (AvgIpc) is 2.97. The standard InChI is InChI=1S/C15H15F3N2O.ClH/c16-10-8-11(17)14(12(18)9-10)15(13-2-1-7-21-13)20-5-3-19-4-6-20;/h1-2,7-9,15,19H,3-6H2;1H/t15-;/m1./s1. The van der Waals surface area contributed by atoms with E-state index in [1.165, 1.54) is 6.26 Å². The zero-order valence-corrected chi connectivity index (χ0v) is 12.5. The number of halogens is 4. The molecule has 1 aromatic carbocycles. The van der Waals surface area contributed by atoms with Gasteiger partial charge in [0, 0.05) is 43.9 Å². The number of piperazine rings is 1. The second-order valence-corrected chi connectivity index (χ2v) is 4.99. The third kappa shape index (κ3) is 3.29. The monoisotopic (exact) mass is 332 g/mol. The molecule has 3 rings (SSSR count). The molecule has 0 unspecified atom stereocenters. The molecule has 0 spiro atoms. The van der Waals surface area contributed by atoms with Crippen LogP contribution in [0, 0.1) is 17.5 Å². The van der Waals surface area contributed by atoms with E-state index in [9.17, 15) is 13.2 Å². The molecule has 1 atom stereocenters. The fourth-order valence-electron chi connectivity index (χ4n) is 2.71. The van der Waals surface area contributed by atoms with Crippen LogP contribution < -0.4 is 5.32 Å². The minimum atomic E-state index is -0.924. The van der Waals surface area contributed by atoms with Crippen molar-refractivity contribution in [2.24, 2.45) is 0 Å². The first-order valence-electron chi connectivity index (χ1n) is 6.79. The minimum Gasteiger partial charge on any atom is -0.467 e. The van der Waals surface area contributed by atoms with E-state index in [0.717, 1.165) is 13.1 Å². The van der Waals surface area contributed by atoms with Crippen LogP contribution in [0.5, 0.6) is 0 Å². The van der Waals surface area contributed by atoms with E-state index in [4.69, 9.17) is 4.42 Å². The van der Waals surface area contributed by atoms with Gasteiger partial charge in [0.25, 0.3) is 0 Å². The van der Waals surface area contributed by atoms with Crippen molar-refractivity contribution in [3.63, 3.8) is 0 Å². The third-order valence-corrected chi connectivity index (χ3v) is 3.65. The van der Waals surface area contributed by atoms with Gasteiger partial charge in [-0.1, -0.05) is 0 Å². The Hall–Kier alpha value is -1.50. The molecule has 1 saturated heterocycles. The molecular weight excluding hydrogens is 317 g/mol. The highest BCUT2D eigenvalue weighted by molar-refractivity contribution is 5.85. The van der Waals surface area contributed by atoms with Crippen LogP contribution in [0.4, 0.5) is 13.2 Å². The van der Waals surface area contributed by atoms with E-state index in [-0.39, 0.29) is 18.0 Å². The first kappa shape index (κ1) is 16.9. The smallest absolute Gasteiger partial charge is 0.134 e. The summed E-state index contributed by atoms with van der Waals surface area (Å²) in [4.78, 5) is 1.93. The van der Waals surface area contributed by atoms with Gasteiger partial charge < -0.3 is 9.73 Å². The van der Waals surface area contributed by atoms with Crippen molar-refractivity contribution in [2.45, 2.75) is 6.04 Å². The van der Waals surface area contributed by atoms with Crippen molar-refractivity contribution in [3.05, 3.63) is 59.3 Å². The summed E-state index contributed by atoms with van der Waals surface area (Å²) < 4.78 is 46.8. The fraction of sp³-hybridized carbons (Fsp3) is 0.333. The molecule has 1 fully saturated rings. The molecule has 1 N–H and O–H groups in total. The number of nitrogens with zero attached hydrogens (tertiary/aromatic N) is 1. The van der Waals surface area contributed by atoms with Gasteiger partial charge in [0.2, 0.25) is 0 Å². The third-order valence-electron chi connectivity index (χ3n) is 3.65. The number of hydrogen-bond acceptors (Lipinski definition) is 3. The van der Waals surface area contributed by atoms with E-state index in [1.54, 1.807) is 12.1 Å². The Bertz CT molecular complexity index is 592. The Balaban J connectivity index is 0.00000176. The lowest BCUT2D eigenvalue weighted by Gasteiger charge is -2.34. The van der Waals surface area contributed by atoms with E-state index in [0.29, 0.717) is 31.0 Å². The summed E-state index contributed by atoms with van der Waals surface area (Å²) in [6.07, 6.45) is 1.46. The van der Waals surface area contributed by atoms with Gasteiger partial charge in [-0.2, -0.15) is 0 Å². The summed E-state index contributed by atoms with van der Waals surface area (Å²) in [5, 5.41) is 3.18. The predicted octanol–water partition coefficient (Wildman–Crippen LogP) is 3.11. The zero-order chi connectivity index (χ0) is 14.8. The molecule has 3 nitrogen and oxygen atoms in total. The molecule has 0 radical (unpaired) electrons. The van der Waals surface area contributed by atoms with Crippen LogP contribution in [0.25, 0.3) is 0 Å². The summed E-state index contributed by atoms with van der Waals surface area (Å²) >= 11 is 0. The van der Waals surface area contributed by atoms with E-state index >= 15 is 0 Å². The van der Waals surface area contributed by atoms with Crippen LogP contribution in [-0.2, 0) is 0 Å². The van der Waals surface area contributed by atoms with Gasteiger partial charge >= 0.3 is 0 Å². The van der Waals surface area contributed by atoms with Gasteiger partial charge in [0.15, 0.2) is 0 Å². The van der Waals surface area contributed by atoms with Crippen LogP contribution in [-0.4, -0.2) is 31.1 Å². The highest BCUT2D eigenvalue weighted by atomic mass is 35.5. The SMILES string of the molecule is Cl.Fc1cc(F)c([C@@H](c2ccco2)N2CCNCC2)c(F)c1. The second-order valence-electron chi connectivity index (χ2n) is 4.99. The Kier molecular flexibility index (Phi) is 5.50. The molecule has 1 aromatic heterocycles. The van der Waals surface area contributed by atoms with Crippen LogP contribution in [0.3, 0.4) is 0 Å². The molecule has 0 aliphatic carbocycles. The Labute approximate surface area is 132 Å². The number of rotatable bonds is 3. The molecule has 1 aliphatic rings. The number of furan rings is 1. The lowest BCUT2D eigenvalue weighted by Crippen LogP contribution is -2.45. The summed E-state index contributed by atoms with van der Waals surface area (Å²) in [5.74, 6) is -2.27. The van der Waals surface area contributed by atoms with Gasteiger partial charge in [0.05, 0.1) is 12.3 Å². The molecule has 7 heteroatoms. The summed E-state index contributed by atoms with van der Waals surface area (Å²) in [6, 6.07) is 4.06. The van der Waals surface area contributed by atoms with E-state index < -0.39 is 23.5 Å². The molecule has 22 heavy (non-hydrogen) atoms. The van der Waals surface area contributed by atoms with E-state index in [1.807, 2.05) is 4.90 Å². The van der Waals surface area contributed by atoms with Crippen LogP contribution in [0.15, 0.2) is 34.9 Å². The Morgan fingerprint density at radius 2 is 1.73 bits per heavy atom. The van der Waals surface area contributed by atoms with Crippen molar-refractivity contribution in [3.8, 4) is 0 Å². The molecule has 120 valence electrons. The first-order chi connectivity index (χ1) is 10.2. The normalized spacial score (nSPS) is 17.0. The maximum absolute atomic E-state index is 14.1. The Morgan fingerprint density at radius 3 is 2.27 bits per heavy atom. The van der Waals surface area contributed by atoms with E-state index in [2.05, 4.69) is 5.32 Å². The maximum Gasteiger partial charge on any atom is 0.134 e. The average molecular weight is 333 g/mol. The van der Waals surface area contributed by atoms with Crippen molar-refractivity contribution in [2.75, 3.05) is 26.2 Å². The van der Waals surface area contributed by atoms with Crippen molar-refractivity contribution in [1.82, 2.24) is 10.2 Å². The van der Waals surface area contributed by atoms with Gasteiger partial charge in [-0.25, -0.2) is 13.2 Å². The largest absolute Gasteiger partial charge is 0.467 e. The molecular formula is C15H16ClF3N2O. The molecule has 2 heterocycles. The van der Waals surface area contributed by atoms with Crippen LogP contribution in [0.2, 0.25) is 0 Å². The molecule has 0 bridgehead atoms. The fourth-order valence-corrected chi connectivity index (χ4v) is 2.71. The second kappa shape index (κ2) is 7.17. The highest BCUT2D eigenvalue weighted by Crippen LogP contribution is 2.33. The molecule has 2 aromatic rings. The van der Waals surface area contributed by atoms with Gasteiger partial charge in [-0.15, -0.1) is 12.4 Å². The maximum atomic E-state index is 14.1.